The smallest absolute Gasteiger partial charge is 0.246 e. The van der Waals surface area contributed by atoms with E-state index in [9.17, 15) is 33.9 Å². The maximum atomic E-state index is 15.3. The molecule has 2 fully saturated rings. The van der Waals surface area contributed by atoms with Gasteiger partial charge in [-0.2, -0.15) is 0 Å². The van der Waals surface area contributed by atoms with Crippen molar-refractivity contribution in [1.29, 1.82) is 0 Å². The summed E-state index contributed by atoms with van der Waals surface area (Å²) in [6, 6.07) is -14.2. The molecule has 0 aromatic rings. The molecule has 5 N–H and O–H groups in total. The highest BCUT2D eigenvalue weighted by Crippen LogP contribution is 2.26. The summed E-state index contributed by atoms with van der Waals surface area (Å²) in [6.45, 7) is 33.3. The van der Waals surface area contributed by atoms with Gasteiger partial charge in [-0.15, -0.1) is 0 Å². The van der Waals surface area contributed by atoms with E-state index in [-0.39, 0.29) is 50.0 Å². The first-order valence-electron chi connectivity index (χ1n) is 35.0. The lowest BCUT2D eigenvalue weighted by atomic mass is 9.91. The van der Waals surface area contributed by atoms with Gasteiger partial charge in [0, 0.05) is 69.0 Å². The molecule has 0 unspecified atom stereocenters. The Morgan fingerprint density at radius 3 is 1.48 bits per heavy atom. The van der Waals surface area contributed by atoms with E-state index in [0.717, 1.165) is 35.9 Å². The van der Waals surface area contributed by atoms with Gasteiger partial charge in [0.25, 0.3) is 0 Å². The van der Waals surface area contributed by atoms with Crippen molar-refractivity contribution in [1.82, 2.24) is 60.5 Å². The second kappa shape index (κ2) is 40.6. The third kappa shape index (κ3) is 24.3. The van der Waals surface area contributed by atoms with Crippen molar-refractivity contribution in [2.24, 2.45) is 35.5 Å². The first-order valence-corrected chi connectivity index (χ1v) is 35.0. The molecule has 2 heterocycles. The summed E-state index contributed by atoms with van der Waals surface area (Å²) in [4.78, 5) is 174. The molecule has 2 saturated heterocycles. The minimum Gasteiger partial charge on any atom is -0.390 e. The number of aliphatic hydroxyl groups excluding tert-OH is 1. The number of rotatable bonds is 21. The maximum Gasteiger partial charge on any atom is 0.246 e. The monoisotopic (exact) mass is 1360 g/mol. The molecule has 26 nitrogen and oxygen atoms in total. The number of ether oxygens (including phenoxy) is 2. The van der Waals surface area contributed by atoms with Gasteiger partial charge in [0.15, 0.2) is 0 Å². The maximum absolute atomic E-state index is 15.3. The Morgan fingerprint density at radius 1 is 0.490 bits per heavy atom. The van der Waals surface area contributed by atoms with Gasteiger partial charge < -0.3 is 70.1 Å². The zero-order chi connectivity index (χ0) is 73.5. The lowest BCUT2D eigenvalue weighted by Gasteiger charge is -2.41. The number of nitrogens with zero attached hydrogens (tertiary/aromatic N) is 8. The van der Waals surface area contributed by atoms with Gasteiger partial charge in [-0.05, 0) is 121 Å². The number of carbonyl (C=O) groups is 11. The van der Waals surface area contributed by atoms with Crippen LogP contribution in [0.5, 0.6) is 0 Å². The number of nitrogens with one attached hydrogen (secondary N) is 4. The van der Waals surface area contributed by atoms with Crippen molar-refractivity contribution in [3.8, 4) is 0 Å². The van der Waals surface area contributed by atoms with Gasteiger partial charge in [0.05, 0.1) is 25.4 Å². The topological polar surface area (TPSA) is 300 Å². The first kappa shape index (κ1) is 85.8. The van der Waals surface area contributed by atoms with E-state index in [1.165, 1.54) is 94.6 Å². The lowest BCUT2D eigenvalue weighted by molar-refractivity contribution is -0.157. The van der Waals surface area contributed by atoms with E-state index in [0.29, 0.717) is 32.5 Å². The van der Waals surface area contributed by atoms with Gasteiger partial charge in [-0.3, -0.25) is 57.6 Å². The number of carbonyl (C=O) groups excluding carboxylic acids is 11. The number of likely N-dealkylation sites (N-methyl/N-ethyl adjacent to an activating group) is 7. The lowest BCUT2D eigenvalue weighted by Crippen LogP contribution is -2.64. The van der Waals surface area contributed by atoms with E-state index in [1.807, 2.05) is 60.6 Å². The van der Waals surface area contributed by atoms with Gasteiger partial charge in [-0.1, -0.05) is 102 Å². The summed E-state index contributed by atoms with van der Waals surface area (Å²) in [6.07, 6.45) is 4.06. The molecule has 0 aromatic carbocycles. The summed E-state index contributed by atoms with van der Waals surface area (Å²) in [7, 11) is 9.92. The Morgan fingerprint density at radius 2 is 0.969 bits per heavy atom. The van der Waals surface area contributed by atoms with Gasteiger partial charge in [0.1, 0.15) is 66.5 Å². The Balaban J connectivity index is 3.02. The number of aliphatic hydroxyl groups is 1. The molecule has 0 radical (unpaired) electrons. The van der Waals surface area contributed by atoms with Crippen LogP contribution in [0, 0.1) is 35.5 Å². The average molecular weight is 1360 g/mol. The van der Waals surface area contributed by atoms with Gasteiger partial charge in [0.2, 0.25) is 65.0 Å². The second-order valence-corrected chi connectivity index (χ2v) is 28.8. The van der Waals surface area contributed by atoms with Crippen LogP contribution in [0.2, 0.25) is 0 Å². The van der Waals surface area contributed by atoms with E-state index >= 15 is 24.0 Å². The van der Waals surface area contributed by atoms with Crippen molar-refractivity contribution < 1.29 is 67.3 Å². The third-order valence-electron chi connectivity index (χ3n) is 18.8. The molecule has 2 aliphatic heterocycles. The predicted octanol–water partition coefficient (Wildman–Crippen LogP) is 3.52. The van der Waals surface area contributed by atoms with Crippen molar-refractivity contribution in [2.75, 3.05) is 88.8 Å². The highest BCUT2D eigenvalue weighted by atomic mass is 16.5. The van der Waals surface area contributed by atoms with Crippen LogP contribution in [0.3, 0.4) is 0 Å². The highest BCUT2D eigenvalue weighted by Gasteiger charge is 2.46. The predicted molar refractivity (Wildman–Crippen MR) is 370 cm³/mol. The van der Waals surface area contributed by atoms with Crippen molar-refractivity contribution in [3.63, 3.8) is 0 Å². The summed E-state index contributed by atoms with van der Waals surface area (Å²) in [5.41, 5.74) is 0. The normalized spacial score (nSPS) is 27.4. The van der Waals surface area contributed by atoms with Crippen LogP contribution in [0.15, 0.2) is 12.2 Å². The molecule has 0 aromatic heterocycles. The van der Waals surface area contributed by atoms with Crippen molar-refractivity contribution in [2.45, 2.75) is 248 Å². The van der Waals surface area contributed by atoms with Crippen LogP contribution >= 0.6 is 0 Å². The SMILES string of the molecule is CCC=CC[C@@H](C)[C@@H](O)[C@H]1C(=O)N[C@@H](CC)C(=O)N(C)[C@H](C)C(=O)N(C)[C@@H]([C@@H](C)OCCCCN2CCOCC2)C(=O)N[C@@H](C(C)C)C(=O)N(C)[C@@H](CC(C)C)C(=O)N[C@@H](C)C(=O)N[C@H](C)C(=O)N(C)[C@@H](CC(C)C)C(=O)N(C)[C@@H](CC(C)C)C(=O)N(C)[C@@H](C(C)C)C(=O)N1C. The molecule has 550 valence electrons. The largest absolute Gasteiger partial charge is 0.390 e. The third-order valence-corrected chi connectivity index (χ3v) is 18.8. The molecule has 0 bridgehead atoms. The average Bonchev–Trinajstić information content (AvgIpc) is 0.874. The summed E-state index contributed by atoms with van der Waals surface area (Å²) in [5.74, 6) is -10.0. The van der Waals surface area contributed by atoms with Crippen LogP contribution in [0.1, 0.15) is 169 Å². The van der Waals surface area contributed by atoms with Crippen LogP contribution < -0.4 is 21.3 Å². The Hall–Kier alpha value is -6.25. The molecule has 26 heteroatoms. The minimum absolute atomic E-state index is 0.00843. The molecule has 0 saturated carbocycles. The summed E-state index contributed by atoms with van der Waals surface area (Å²) >= 11 is 0. The van der Waals surface area contributed by atoms with Gasteiger partial charge >= 0.3 is 0 Å². The summed E-state index contributed by atoms with van der Waals surface area (Å²) in [5, 5.41) is 23.4. The van der Waals surface area contributed by atoms with E-state index in [1.54, 1.807) is 48.5 Å². The standard InChI is InChI=1S/C70H126N12O14/c1-25-27-28-31-46(13)59(83)58-63(87)73-51(26-2)66(90)75(18)49(16)65(89)80(23)57(50(17)96-35-30-29-32-82-33-36-95-37-34-82)62(86)74-55(44(9)10)69(93)76(19)52(38-41(3)4)61(85)71-47(14)60(84)72-48(15)64(88)77(20)53(39-42(5)6)67(91)78(21)54(40-43(7)8)68(92)79(22)56(45(11)12)70(94)81(58)24/h27-28,41-59,83H,25-26,29-40H2,1-24H3,(H,71,85)(H,72,84)(H,73,87)(H,74,86)/t46-,47+,48-,49-,50-,51+,52+,53+,54+,55+,56+,57+,58+,59-/m1/s1. The van der Waals surface area contributed by atoms with Crippen molar-refractivity contribution in [3.05, 3.63) is 12.2 Å². The van der Waals surface area contributed by atoms with Gasteiger partial charge in [-0.25, -0.2) is 0 Å². The quantitative estimate of drug-likeness (QED) is 0.0812. The fourth-order valence-electron chi connectivity index (χ4n) is 12.4. The molecule has 96 heavy (non-hydrogen) atoms. The molecule has 2 rings (SSSR count). The number of allylic oxidation sites excluding steroid dienone is 2. The number of unbranched alkanes of at least 4 members (excludes halogenated alkanes) is 1. The number of hydrogen-bond donors (Lipinski definition) is 5. The molecule has 0 spiro atoms. The first-order chi connectivity index (χ1) is 44.7. The summed E-state index contributed by atoms with van der Waals surface area (Å²) < 4.78 is 11.9. The zero-order valence-electron chi connectivity index (χ0n) is 62.9. The van der Waals surface area contributed by atoms with E-state index in [2.05, 4.69) is 26.2 Å². The molecule has 11 amide bonds. The fourth-order valence-corrected chi connectivity index (χ4v) is 12.4. The Labute approximate surface area is 574 Å². The zero-order valence-corrected chi connectivity index (χ0v) is 62.9. The second-order valence-electron chi connectivity index (χ2n) is 28.8. The molecular weight excluding hydrogens is 1230 g/mol. The Kier molecular flexibility index (Phi) is 36.3. The number of hydrogen-bond acceptors (Lipinski definition) is 15. The highest BCUT2D eigenvalue weighted by molar-refractivity contribution is 6.00. The van der Waals surface area contributed by atoms with Crippen LogP contribution in [0.25, 0.3) is 0 Å². The molecule has 0 aliphatic carbocycles. The van der Waals surface area contributed by atoms with Crippen molar-refractivity contribution >= 4 is 65.0 Å². The molecule has 2 aliphatic rings. The van der Waals surface area contributed by atoms with Crippen LogP contribution in [-0.2, 0) is 62.2 Å². The minimum atomic E-state index is -1.64. The van der Waals surface area contributed by atoms with E-state index < -0.39 is 161 Å². The van der Waals surface area contributed by atoms with Crippen LogP contribution in [0.4, 0.5) is 0 Å². The fraction of sp³-hybridized carbons (Fsp3) is 0.814. The number of morpholine rings is 1. The van der Waals surface area contributed by atoms with Crippen LogP contribution in [-0.4, -0.2) is 277 Å². The molecule has 14 atom stereocenters. The van der Waals surface area contributed by atoms with E-state index in [4.69, 9.17) is 9.47 Å². The Bertz CT molecular complexity index is 2600. The number of amides is 11. The molecular formula is C70H126N12O14.